The van der Waals surface area contributed by atoms with Gasteiger partial charge in [-0.05, 0) is 61.9 Å². The van der Waals surface area contributed by atoms with Crippen molar-refractivity contribution in [2.75, 3.05) is 25.1 Å². The van der Waals surface area contributed by atoms with Crippen LogP contribution in [-0.4, -0.2) is 32.2 Å². The summed E-state index contributed by atoms with van der Waals surface area (Å²) >= 11 is 0. The average molecular weight is 411 g/mol. The van der Waals surface area contributed by atoms with Crippen LogP contribution in [0.5, 0.6) is 11.5 Å². The summed E-state index contributed by atoms with van der Waals surface area (Å²) in [6, 6.07) is 15.9. The fourth-order valence-electron chi connectivity index (χ4n) is 3.98. The number of amides is 1. The Morgan fingerprint density at radius 2 is 1.87 bits per heavy atom. The summed E-state index contributed by atoms with van der Waals surface area (Å²) in [5.74, 6) is 1.82. The molecule has 5 nitrogen and oxygen atoms in total. The maximum atomic E-state index is 12.8. The number of hydrogen-bond acceptors (Lipinski definition) is 4. The third-order valence-electron chi connectivity index (χ3n) is 5.78. The van der Waals surface area contributed by atoms with Crippen molar-refractivity contribution in [3.63, 3.8) is 0 Å². The van der Waals surface area contributed by atoms with Crippen LogP contribution in [0, 0.1) is 5.92 Å². The molecule has 1 N–H and O–H groups in total. The maximum absolute atomic E-state index is 12.8. The Kier molecular flexibility index (Phi) is 7.61. The van der Waals surface area contributed by atoms with Gasteiger partial charge in [-0.15, -0.1) is 0 Å². The predicted molar refractivity (Wildman–Crippen MR) is 121 cm³/mol. The second-order valence-corrected chi connectivity index (χ2v) is 8.18. The van der Waals surface area contributed by atoms with Crippen LogP contribution in [0.3, 0.4) is 0 Å². The van der Waals surface area contributed by atoms with E-state index in [2.05, 4.69) is 41.4 Å². The van der Waals surface area contributed by atoms with E-state index in [-0.39, 0.29) is 11.9 Å². The first-order chi connectivity index (χ1) is 14.5. The summed E-state index contributed by atoms with van der Waals surface area (Å²) in [6.45, 7) is 8.50. The van der Waals surface area contributed by atoms with E-state index < -0.39 is 6.10 Å². The van der Waals surface area contributed by atoms with Gasteiger partial charge < -0.3 is 19.7 Å². The summed E-state index contributed by atoms with van der Waals surface area (Å²) in [7, 11) is 1.60. The number of carbonyl (C=O) groups excluding carboxylic acids is 1. The zero-order valence-corrected chi connectivity index (χ0v) is 18.6. The number of anilines is 1. The van der Waals surface area contributed by atoms with Gasteiger partial charge in [-0.1, -0.05) is 38.1 Å². The molecule has 1 amide bonds. The average Bonchev–Trinajstić information content (AvgIpc) is 2.77. The molecule has 0 saturated carbocycles. The molecule has 3 rings (SSSR count). The van der Waals surface area contributed by atoms with Crippen LogP contribution in [0.4, 0.5) is 5.69 Å². The summed E-state index contributed by atoms with van der Waals surface area (Å²) in [5, 5.41) is 3.09. The number of nitrogens with one attached hydrogen (secondary N) is 1. The molecule has 1 aliphatic heterocycles. The van der Waals surface area contributed by atoms with Gasteiger partial charge in [-0.25, -0.2) is 0 Å². The van der Waals surface area contributed by atoms with E-state index in [1.165, 1.54) is 18.5 Å². The molecule has 1 aliphatic rings. The minimum Gasteiger partial charge on any atom is -0.493 e. The highest BCUT2D eigenvalue weighted by atomic mass is 16.5. The lowest BCUT2D eigenvalue weighted by atomic mass is 9.99. The van der Waals surface area contributed by atoms with Gasteiger partial charge in [0.1, 0.15) is 0 Å². The normalized spacial score (nSPS) is 18.4. The molecule has 5 heteroatoms. The van der Waals surface area contributed by atoms with E-state index in [4.69, 9.17) is 9.47 Å². The number of ether oxygens (including phenoxy) is 2. The van der Waals surface area contributed by atoms with Gasteiger partial charge in [0.05, 0.1) is 13.2 Å². The van der Waals surface area contributed by atoms with Gasteiger partial charge in [0.25, 0.3) is 5.91 Å². The quantitative estimate of drug-likeness (QED) is 0.668. The molecule has 0 aromatic heterocycles. The fourth-order valence-corrected chi connectivity index (χ4v) is 3.98. The van der Waals surface area contributed by atoms with Crippen molar-refractivity contribution in [1.29, 1.82) is 0 Å². The van der Waals surface area contributed by atoms with Crippen molar-refractivity contribution in [1.82, 2.24) is 5.32 Å². The van der Waals surface area contributed by atoms with Gasteiger partial charge in [0, 0.05) is 18.8 Å². The van der Waals surface area contributed by atoms with Crippen molar-refractivity contribution in [2.24, 2.45) is 5.92 Å². The van der Waals surface area contributed by atoms with Gasteiger partial charge >= 0.3 is 0 Å². The third kappa shape index (κ3) is 5.47. The molecule has 3 atom stereocenters. The minimum absolute atomic E-state index is 0.0952. The zero-order chi connectivity index (χ0) is 21.5. The Labute approximate surface area is 180 Å². The molecule has 1 fully saturated rings. The fraction of sp³-hybridized carbons (Fsp3) is 0.480. The van der Waals surface area contributed by atoms with Crippen molar-refractivity contribution < 1.29 is 14.3 Å². The molecule has 3 unspecified atom stereocenters. The molecule has 1 heterocycles. The second-order valence-electron chi connectivity index (χ2n) is 8.18. The van der Waals surface area contributed by atoms with Crippen LogP contribution < -0.4 is 19.7 Å². The summed E-state index contributed by atoms with van der Waals surface area (Å²) in [4.78, 5) is 15.3. The first kappa shape index (κ1) is 22.0. The number of methoxy groups -OCH3 is 1. The van der Waals surface area contributed by atoms with E-state index in [0.717, 1.165) is 24.6 Å². The molecular formula is C25H34N2O3. The maximum Gasteiger partial charge on any atom is 0.261 e. The van der Waals surface area contributed by atoms with Crippen LogP contribution in [0.15, 0.2) is 48.5 Å². The molecule has 0 spiro atoms. The Morgan fingerprint density at radius 3 is 2.50 bits per heavy atom. The third-order valence-corrected chi connectivity index (χ3v) is 5.78. The van der Waals surface area contributed by atoms with Gasteiger partial charge in [0.2, 0.25) is 0 Å². The Balaban J connectivity index is 1.61. The molecule has 0 radical (unpaired) electrons. The number of hydrogen-bond donors (Lipinski definition) is 1. The first-order valence-corrected chi connectivity index (χ1v) is 11.0. The number of carbonyl (C=O) groups is 1. The van der Waals surface area contributed by atoms with Gasteiger partial charge in [0.15, 0.2) is 17.6 Å². The summed E-state index contributed by atoms with van der Waals surface area (Å²) in [5.41, 5.74) is 2.35. The van der Waals surface area contributed by atoms with Crippen LogP contribution in [0.1, 0.15) is 51.6 Å². The highest BCUT2D eigenvalue weighted by Crippen LogP contribution is 2.28. The number of benzene rings is 2. The zero-order valence-electron chi connectivity index (χ0n) is 18.6. The Hall–Kier alpha value is -2.69. The summed E-state index contributed by atoms with van der Waals surface area (Å²) in [6.07, 6.45) is 2.56. The summed E-state index contributed by atoms with van der Waals surface area (Å²) < 4.78 is 11.3. The Morgan fingerprint density at radius 1 is 1.17 bits per heavy atom. The lowest BCUT2D eigenvalue weighted by Gasteiger charge is -2.33. The first-order valence-electron chi connectivity index (χ1n) is 11.0. The monoisotopic (exact) mass is 410 g/mol. The van der Waals surface area contributed by atoms with Crippen molar-refractivity contribution in [2.45, 2.75) is 52.2 Å². The SMILES string of the molecule is CCC(Oc1ccccc1OC)C(=O)NC(C)c1ccc(N2CCCC(C)C2)cc1. The van der Waals surface area contributed by atoms with Gasteiger partial charge in [-0.3, -0.25) is 4.79 Å². The number of rotatable bonds is 8. The lowest BCUT2D eigenvalue weighted by molar-refractivity contribution is -0.128. The van der Waals surface area contributed by atoms with Crippen LogP contribution in [0.2, 0.25) is 0 Å². The van der Waals surface area contributed by atoms with Gasteiger partial charge in [-0.2, -0.15) is 0 Å². The molecular weight excluding hydrogens is 376 g/mol. The van der Waals surface area contributed by atoms with Crippen LogP contribution in [-0.2, 0) is 4.79 Å². The topological polar surface area (TPSA) is 50.8 Å². The molecule has 1 saturated heterocycles. The van der Waals surface area contributed by atoms with Crippen LogP contribution in [0.25, 0.3) is 0 Å². The van der Waals surface area contributed by atoms with Crippen molar-refractivity contribution in [3.8, 4) is 11.5 Å². The molecule has 30 heavy (non-hydrogen) atoms. The minimum atomic E-state index is -0.571. The molecule has 2 aromatic carbocycles. The lowest BCUT2D eigenvalue weighted by Crippen LogP contribution is -2.39. The number of piperidine rings is 1. The van der Waals surface area contributed by atoms with E-state index in [0.29, 0.717) is 17.9 Å². The highest BCUT2D eigenvalue weighted by Gasteiger charge is 2.22. The molecule has 0 aliphatic carbocycles. The van der Waals surface area contributed by atoms with Crippen molar-refractivity contribution >= 4 is 11.6 Å². The van der Waals surface area contributed by atoms with Crippen LogP contribution >= 0.6 is 0 Å². The highest BCUT2D eigenvalue weighted by molar-refractivity contribution is 5.81. The predicted octanol–water partition coefficient (Wildman–Crippen LogP) is 4.97. The molecule has 162 valence electrons. The number of para-hydroxylation sites is 2. The second kappa shape index (κ2) is 10.4. The largest absolute Gasteiger partial charge is 0.493 e. The van der Waals surface area contributed by atoms with E-state index in [1.807, 2.05) is 38.1 Å². The molecule has 0 bridgehead atoms. The van der Waals surface area contributed by atoms with E-state index in [9.17, 15) is 4.79 Å². The molecule has 2 aromatic rings. The standard InChI is InChI=1S/C25H34N2O3/c1-5-22(30-24-11-7-6-10-23(24)29-4)25(28)26-19(3)20-12-14-21(15-13-20)27-16-8-9-18(2)17-27/h6-7,10-15,18-19,22H,5,8-9,16-17H2,1-4H3,(H,26,28). The van der Waals surface area contributed by atoms with Crippen molar-refractivity contribution in [3.05, 3.63) is 54.1 Å². The van der Waals surface area contributed by atoms with E-state index in [1.54, 1.807) is 7.11 Å². The Bertz CT molecular complexity index is 821. The smallest absolute Gasteiger partial charge is 0.261 e. The van der Waals surface area contributed by atoms with E-state index >= 15 is 0 Å². The number of nitrogens with zero attached hydrogens (tertiary/aromatic N) is 1.